The molecular weight excluding hydrogens is 428 g/mol. The highest BCUT2D eigenvalue weighted by molar-refractivity contribution is 7.18. The molecule has 1 aromatic carbocycles. The minimum atomic E-state index is -0.399. The second kappa shape index (κ2) is 9.95. The first-order chi connectivity index (χ1) is 15.6. The van der Waals surface area contributed by atoms with E-state index in [9.17, 15) is 9.59 Å². The highest BCUT2D eigenvalue weighted by Crippen LogP contribution is 2.33. The first-order valence-electron chi connectivity index (χ1n) is 10.8. The Bertz CT molecular complexity index is 1210. The van der Waals surface area contributed by atoms with Crippen LogP contribution in [-0.4, -0.2) is 34.9 Å². The van der Waals surface area contributed by atoms with Crippen molar-refractivity contribution in [3.05, 3.63) is 50.9 Å². The average Bonchev–Trinajstić information content (AvgIpc) is 3.17. The van der Waals surface area contributed by atoms with Crippen LogP contribution in [0.2, 0.25) is 0 Å². The third-order valence-corrected chi connectivity index (χ3v) is 6.43. The van der Waals surface area contributed by atoms with Gasteiger partial charge in [0.1, 0.15) is 11.4 Å². The van der Waals surface area contributed by atoms with Crippen LogP contribution in [-0.2, 0) is 24.2 Å². The van der Waals surface area contributed by atoms with Crippen molar-refractivity contribution < 1.29 is 14.3 Å². The van der Waals surface area contributed by atoms with Crippen molar-refractivity contribution in [1.82, 2.24) is 15.0 Å². The Morgan fingerprint density at radius 3 is 2.81 bits per heavy atom. The lowest BCUT2D eigenvalue weighted by molar-refractivity contribution is -0.121. The average molecular weight is 455 g/mol. The van der Waals surface area contributed by atoms with Crippen LogP contribution in [0.5, 0.6) is 11.5 Å². The van der Waals surface area contributed by atoms with E-state index >= 15 is 0 Å². The summed E-state index contributed by atoms with van der Waals surface area (Å²) in [5, 5.41) is 4.68. The number of rotatable bonds is 8. The van der Waals surface area contributed by atoms with E-state index in [4.69, 9.17) is 9.47 Å². The molecule has 3 aromatic rings. The number of benzene rings is 1. The number of nitrogens with zero attached hydrogens (tertiary/aromatic N) is 3. The van der Waals surface area contributed by atoms with Crippen molar-refractivity contribution in [2.24, 2.45) is 5.10 Å². The van der Waals surface area contributed by atoms with Gasteiger partial charge in [0.15, 0.2) is 11.5 Å². The first kappa shape index (κ1) is 22.0. The van der Waals surface area contributed by atoms with Crippen molar-refractivity contribution in [3.63, 3.8) is 0 Å². The number of fused-ring (bicyclic) bond motifs is 3. The Morgan fingerprint density at radius 1 is 1.22 bits per heavy atom. The van der Waals surface area contributed by atoms with Gasteiger partial charge in [-0.3, -0.25) is 14.2 Å². The molecule has 1 aliphatic carbocycles. The van der Waals surface area contributed by atoms with Crippen LogP contribution < -0.4 is 20.5 Å². The van der Waals surface area contributed by atoms with E-state index in [2.05, 4.69) is 15.5 Å². The van der Waals surface area contributed by atoms with Crippen LogP contribution in [0.3, 0.4) is 0 Å². The molecule has 1 amide bonds. The second-order valence-electron chi connectivity index (χ2n) is 7.43. The third-order valence-electron chi connectivity index (χ3n) is 5.23. The summed E-state index contributed by atoms with van der Waals surface area (Å²) in [5.41, 5.74) is 4.18. The zero-order valence-corrected chi connectivity index (χ0v) is 19.0. The van der Waals surface area contributed by atoms with Crippen LogP contribution >= 0.6 is 11.3 Å². The standard InChI is InChI=1S/C23H26N4O4S/c1-3-30-17-10-9-15(11-18(17)31-4-2)12-25-26-20(28)13-27-14-24-22-21(23(27)29)16-7-5-6-8-19(16)32-22/h9-12,14H,3-8,13H2,1-2H3,(H,26,28)/b25-12-. The molecule has 0 radical (unpaired) electrons. The lowest BCUT2D eigenvalue weighted by Crippen LogP contribution is -2.30. The number of thiophene rings is 1. The molecule has 2 aromatic heterocycles. The summed E-state index contributed by atoms with van der Waals surface area (Å²) >= 11 is 1.59. The van der Waals surface area contributed by atoms with Crippen LogP contribution in [0, 0.1) is 0 Å². The molecule has 4 rings (SSSR count). The van der Waals surface area contributed by atoms with Gasteiger partial charge in [-0.1, -0.05) is 0 Å². The van der Waals surface area contributed by atoms with Gasteiger partial charge in [0.2, 0.25) is 0 Å². The number of aryl methyl sites for hydroxylation is 2. The molecule has 168 valence electrons. The lowest BCUT2D eigenvalue weighted by atomic mass is 9.97. The summed E-state index contributed by atoms with van der Waals surface area (Å²) in [7, 11) is 0. The molecule has 32 heavy (non-hydrogen) atoms. The maximum atomic E-state index is 13.0. The maximum Gasteiger partial charge on any atom is 0.262 e. The number of carbonyl (C=O) groups excluding carboxylic acids is 1. The number of ether oxygens (including phenoxy) is 2. The first-order valence-corrected chi connectivity index (χ1v) is 11.6. The van der Waals surface area contributed by atoms with Crippen LogP contribution in [0.25, 0.3) is 10.2 Å². The van der Waals surface area contributed by atoms with E-state index in [0.29, 0.717) is 30.1 Å². The minimum Gasteiger partial charge on any atom is -0.490 e. The summed E-state index contributed by atoms with van der Waals surface area (Å²) in [5.74, 6) is 0.882. The topological polar surface area (TPSA) is 94.8 Å². The molecule has 0 unspecified atom stereocenters. The van der Waals surface area contributed by atoms with Gasteiger partial charge < -0.3 is 9.47 Å². The predicted octanol–water partition coefficient (Wildman–Crippen LogP) is 3.28. The molecule has 0 aliphatic heterocycles. The van der Waals surface area contributed by atoms with Gasteiger partial charge in [-0.25, -0.2) is 10.4 Å². The quantitative estimate of drug-likeness (QED) is 0.416. The minimum absolute atomic E-state index is 0.142. The van der Waals surface area contributed by atoms with Gasteiger partial charge in [0.25, 0.3) is 11.5 Å². The largest absolute Gasteiger partial charge is 0.490 e. The van der Waals surface area contributed by atoms with Crippen LogP contribution in [0.4, 0.5) is 0 Å². The molecule has 0 spiro atoms. The number of hydrazone groups is 1. The fourth-order valence-corrected chi connectivity index (χ4v) is 5.03. The lowest BCUT2D eigenvalue weighted by Gasteiger charge is -2.11. The molecule has 0 saturated heterocycles. The smallest absolute Gasteiger partial charge is 0.262 e. The highest BCUT2D eigenvalue weighted by atomic mass is 32.1. The Hall–Kier alpha value is -3.20. The number of hydrogen-bond acceptors (Lipinski definition) is 7. The number of nitrogens with one attached hydrogen (secondary N) is 1. The molecule has 1 N–H and O–H groups in total. The van der Waals surface area contributed by atoms with Crippen molar-refractivity contribution in [1.29, 1.82) is 0 Å². The molecule has 0 fully saturated rings. The molecule has 2 heterocycles. The Kier molecular flexibility index (Phi) is 6.84. The molecule has 1 aliphatic rings. The van der Waals surface area contributed by atoms with Gasteiger partial charge in [-0.05, 0) is 68.9 Å². The van der Waals surface area contributed by atoms with E-state index in [1.807, 2.05) is 19.9 Å². The van der Waals surface area contributed by atoms with Crippen molar-refractivity contribution in [3.8, 4) is 11.5 Å². The highest BCUT2D eigenvalue weighted by Gasteiger charge is 2.20. The van der Waals surface area contributed by atoms with Gasteiger partial charge in [0.05, 0.1) is 31.1 Å². The third kappa shape index (κ3) is 4.67. The SMILES string of the molecule is CCOc1ccc(/C=N\NC(=O)Cn2cnc3sc4c(c3c2=O)CCCC4)cc1OCC. The van der Waals surface area contributed by atoms with Crippen molar-refractivity contribution >= 4 is 33.7 Å². The van der Waals surface area contributed by atoms with E-state index in [1.54, 1.807) is 23.5 Å². The summed E-state index contributed by atoms with van der Waals surface area (Å²) < 4.78 is 12.5. The van der Waals surface area contributed by atoms with Gasteiger partial charge in [-0.15, -0.1) is 11.3 Å². The predicted molar refractivity (Wildman–Crippen MR) is 125 cm³/mol. The van der Waals surface area contributed by atoms with Crippen LogP contribution in [0.15, 0.2) is 34.4 Å². The summed E-state index contributed by atoms with van der Waals surface area (Å²) in [6, 6.07) is 5.43. The zero-order chi connectivity index (χ0) is 22.5. The number of carbonyl (C=O) groups is 1. The van der Waals surface area contributed by atoms with Crippen molar-refractivity contribution in [2.75, 3.05) is 13.2 Å². The molecule has 0 atom stereocenters. The van der Waals surface area contributed by atoms with Gasteiger partial charge >= 0.3 is 0 Å². The van der Waals surface area contributed by atoms with E-state index in [1.165, 1.54) is 22.0 Å². The fourth-order valence-electron chi connectivity index (χ4n) is 3.81. The molecule has 9 heteroatoms. The van der Waals surface area contributed by atoms with Gasteiger partial charge in [-0.2, -0.15) is 5.10 Å². The van der Waals surface area contributed by atoms with E-state index < -0.39 is 5.91 Å². The maximum absolute atomic E-state index is 13.0. The summed E-state index contributed by atoms with van der Waals surface area (Å²) in [6.45, 7) is 4.72. The monoisotopic (exact) mass is 454 g/mol. The van der Waals surface area contributed by atoms with E-state index in [-0.39, 0.29) is 12.1 Å². The molecule has 8 nitrogen and oxygen atoms in total. The van der Waals surface area contributed by atoms with Gasteiger partial charge in [0, 0.05) is 4.88 Å². The van der Waals surface area contributed by atoms with Crippen molar-refractivity contribution in [2.45, 2.75) is 46.1 Å². The summed E-state index contributed by atoms with van der Waals surface area (Å²) in [6.07, 6.45) is 7.10. The number of hydrogen-bond donors (Lipinski definition) is 1. The van der Waals surface area contributed by atoms with E-state index in [0.717, 1.165) is 41.6 Å². The Morgan fingerprint density at radius 2 is 2.00 bits per heavy atom. The Balaban J connectivity index is 1.45. The molecule has 0 saturated carbocycles. The van der Waals surface area contributed by atoms with Crippen LogP contribution in [0.1, 0.15) is 42.7 Å². The number of aromatic nitrogens is 2. The molecular formula is C23H26N4O4S. The normalized spacial score (nSPS) is 13.3. The second-order valence-corrected chi connectivity index (χ2v) is 8.52. The Labute approximate surface area is 189 Å². The summed E-state index contributed by atoms with van der Waals surface area (Å²) in [4.78, 5) is 31.8. The number of amides is 1. The fraction of sp³-hybridized carbons (Fsp3) is 0.391. The molecule has 0 bridgehead atoms. The zero-order valence-electron chi connectivity index (χ0n) is 18.2.